The van der Waals surface area contributed by atoms with E-state index in [0.29, 0.717) is 19.1 Å². The van der Waals surface area contributed by atoms with Gasteiger partial charge in [-0.05, 0) is 20.3 Å². The Balaban J connectivity index is 2.87. The van der Waals surface area contributed by atoms with Crippen LogP contribution in [-0.2, 0) is 9.53 Å². The number of hydrogen-bond donors (Lipinski definition) is 2. The van der Waals surface area contributed by atoms with Crippen LogP contribution in [0.15, 0.2) is 0 Å². The van der Waals surface area contributed by atoms with E-state index in [-0.39, 0.29) is 12.0 Å². The highest BCUT2D eigenvalue weighted by atomic mass is 16.5. The van der Waals surface area contributed by atoms with Crippen LogP contribution in [0.2, 0.25) is 0 Å². The molecule has 0 aliphatic heterocycles. The van der Waals surface area contributed by atoms with Gasteiger partial charge in [0.05, 0.1) is 13.7 Å². The van der Waals surface area contributed by atoms with Gasteiger partial charge in [0.1, 0.15) is 6.04 Å². The fourth-order valence-electron chi connectivity index (χ4n) is 1.35. The molecule has 0 bridgehead atoms. The number of carbonyl (C=O) groups excluding carboxylic acids is 1. The van der Waals surface area contributed by atoms with Gasteiger partial charge < -0.3 is 20.1 Å². The van der Waals surface area contributed by atoms with Crippen molar-refractivity contribution in [2.24, 2.45) is 0 Å². The quantitative estimate of drug-likeness (QED) is 0.683. The van der Waals surface area contributed by atoms with Crippen LogP contribution in [0.3, 0.4) is 0 Å². The predicted molar refractivity (Wildman–Crippen MR) is 74.9 cm³/mol. The van der Waals surface area contributed by atoms with Crippen LogP contribution in [0.1, 0.15) is 27.2 Å². The van der Waals surface area contributed by atoms with Gasteiger partial charge in [0.15, 0.2) is 0 Å². The van der Waals surface area contributed by atoms with Crippen molar-refractivity contribution in [3.63, 3.8) is 0 Å². The second-order valence-electron chi connectivity index (χ2n) is 4.03. The van der Waals surface area contributed by atoms with E-state index < -0.39 is 12.0 Å². The van der Waals surface area contributed by atoms with Gasteiger partial charge in [-0.3, -0.25) is 0 Å². The summed E-state index contributed by atoms with van der Waals surface area (Å²) in [4.78, 5) is 23.8. The summed E-state index contributed by atoms with van der Waals surface area (Å²) in [6.07, 6.45) is 0.851. The Bertz CT molecular complexity index is 441. The minimum atomic E-state index is -0.559. The summed E-state index contributed by atoms with van der Waals surface area (Å²) >= 11 is 0. The molecule has 0 amide bonds. The van der Waals surface area contributed by atoms with Gasteiger partial charge in [0.2, 0.25) is 11.9 Å². The maximum absolute atomic E-state index is 11.4. The standard InChI is InChI=1S/C12H21N5O3/c1-5-7-20-12-16-10(13-6-2)15-11(17-12)14-8(3)9(18)19-4/h8H,5-7H2,1-4H3,(H2,13,14,15,16,17). The normalized spacial score (nSPS) is 11.6. The van der Waals surface area contributed by atoms with Crippen molar-refractivity contribution < 1.29 is 14.3 Å². The van der Waals surface area contributed by atoms with Gasteiger partial charge in [-0.2, -0.15) is 15.0 Å². The summed E-state index contributed by atoms with van der Waals surface area (Å²) in [6, 6.07) is -0.340. The molecule has 8 nitrogen and oxygen atoms in total. The predicted octanol–water partition coefficient (Wildman–Crippen LogP) is 1.07. The molecule has 1 aromatic heterocycles. The van der Waals surface area contributed by atoms with E-state index >= 15 is 0 Å². The van der Waals surface area contributed by atoms with Crippen molar-refractivity contribution in [3.8, 4) is 6.01 Å². The molecule has 0 saturated carbocycles. The number of carbonyl (C=O) groups is 1. The number of nitrogens with zero attached hydrogens (tertiary/aromatic N) is 3. The first-order chi connectivity index (χ1) is 9.60. The van der Waals surface area contributed by atoms with Crippen molar-refractivity contribution in [1.82, 2.24) is 15.0 Å². The fourth-order valence-corrected chi connectivity index (χ4v) is 1.35. The van der Waals surface area contributed by atoms with Crippen molar-refractivity contribution in [3.05, 3.63) is 0 Å². The van der Waals surface area contributed by atoms with Crippen LogP contribution < -0.4 is 15.4 Å². The molecule has 1 atom stereocenters. The van der Waals surface area contributed by atoms with Crippen molar-refractivity contribution in [2.45, 2.75) is 33.2 Å². The lowest BCUT2D eigenvalue weighted by molar-refractivity contribution is -0.141. The summed E-state index contributed by atoms with van der Waals surface area (Å²) in [7, 11) is 1.33. The van der Waals surface area contributed by atoms with E-state index in [1.807, 2.05) is 13.8 Å². The lowest BCUT2D eigenvalue weighted by atomic mass is 10.3. The number of aromatic nitrogens is 3. The zero-order chi connectivity index (χ0) is 15.0. The van der Waals surface area contributed by atoms with E-state index in [1.54, 1.807) is 6.92 Å². The highest BCUT2D eigenvalue weighted by molar-refractivity contribution is 5.77. The molecule has 8 heteroatoms. The summed E-state index contributed by atoms with van der Waals surface area (Å²) < 4.78 is 10.0. The Morgan fingerprint density at radius 2 is 1.95 bits per heavy atom. The van der Waals surface area contributed by atoms with Crippen LogP contribution in [0.4, 0.5) is 11.9 Å². The number of ether oxygens (including phenoxy) is 2. The lowest BCUT2D eigenvalue weighted by Crippen LogP contribution is -2.28. The zero-order valence-corrected chi connectivity index (χ0v) is 12.3. The molecule has 0 aliphatic carbocycles. The first-order valence-corrected chi connectivity index (χ1v) is 6.57. The Morgan fingerprint density at radius 1 is 1.25 bits per heavy atom. The van der Waals surface area contributed by atoms with Gasteiger partial charge in [-0.25, -0.2) is 4.79 Å². The number of esters is 1. The Morgan fingerprint density at radius 3 is 2.55 bits per heavy atom. The van der Waals surface area contributed by atoms with Gasteiger partial charge in [0.25, 0.3) is 0 Å². The molecular weight excluding hydrogens is 262 g/mol. The maximum atomic E-state index is 11.4. The van der Waals surface area contributed by atoms with Crippen LogP contribution in [-0.4, -0.2) is 47.2 Å². The number of hydrogen-bond acceptors (Lipinski definition) is 8. The van der Waals surface area contributed by atoms with Crippen molar-refractivity contribution >= 4 is 17.9 Å². The Hall–Kier alpha value is -2.12. The molecule has 20 heavy (non-hydrogen) atoms. The van der Waals surface area contributed by atoms with E-state index in [4.69, 9.17) is 4.74 Å². The average Bonchev–Trinajstić information content (AvgIpc) is 2.44. The highest BCUT2D eigenvalue weighted by Gasteiger charge is 2.15. The fraction of sp³-hybridized carbons (Fsp3) is 0.667. The smallest absolute Gasteiger partial charge is 0.328 e. The van der Waals surface area contributed by atoms with Gasteiger partial charge >= 0.3 is 12.0 Å². The minimum absolute atomic E-state index is 0.220. The molecule has 0 aliphatic rings. The molecule has 0 fully saturated rings. The topological polar surface area (TPSA) is 98.3 Å². The van der Waals surface area contributed by atoms with Gasteiger partial charge in [-0.15, -0.1) is 0 Å². The maximum Gasteiger partial charge on any atom is 0.328 e. The van der Waals surface area contributed by atoms with E-state index in [1.165, 1.54) is 7.11 Å². The summed E-state index contributed by atoms with van der Waals surface area (Å²) in [5.41, 5.74) is 0. The third-order valence-corrected chi connectivity index (χ3v) is 2.29. The third kappa shape index (κ3) is 4.87. The van der Waals surface area contributed by atoms with Crippen LogP contribution in [0.25, 0.3) is 0 Å². The number of rotatable bonds is 8. The largest absolute Gasteiger partial charge is 0.467 e. The monoisotopic (exact) mass is 283 g/mol. The average molecular weight is 283 g/mol. The first-order valence-electron chi connectivity index (χ1n) is 6.57. The second kappa shape index (κ2) is 8.13. The molecule has 1 aromatic rings. The van der Waals surface area contributed by atoms with Crippen molar-refractivity contribution in [2.75, 3.05) is 30.9 Å². The second-order valence-corrected chi connectivity index (χ2v) is 4.03. The summed E-state index contributed by atoms with van der Waals surface area (Å²) in [6.45, 7) is 6.77. The summed E-state index contributed by atoms with van der Waals surface area (Å²) in [5, 5.41) is 5.83. The first kappa shape index (κ1) is 15.9. The lowest BCUT2D eigenvalue weighted by Gasteiger charge is -2.13. The number of anilines is 2. The Kier molecular flexibility index (Phi) is 6.48. The molecule has 1 rings (SSSR count). The van der Waals surface area contributed by atoms with Crippen LogP contribution in [0.5, 0.6) is 6.01 Å². The van der Waals surface area contributed by atoms with E-state index in [2.05, 4.69) is 30.3 Å². The van der Waals surface area contributed by atoms with Crippen molar-refractivity contribution in [1.29, 1.82) is 0 Å². The molecular formula is C12H21N5O3. The molecule has 2 N–H and O–H groups in total. The molecule has 0 aromatic carbocycles. The van der Waals surface area contributed by atoms with Gasteiger partial charge in [0, 0.05) is 6.54 Å². The molecule has 0 radical (unpaired) electrons. The number of nitrogens with one attached hydrogen (secondary N) is 2. The highest BCUT2D eigenvalue weighted by Crippen LogP contribution is 2.12. The van der Waals surface area contributed by atoms with E-state index in [9.17, 15) is 4.79 Å². The molecule has 1 heterocycles. The van der Waals surface area contributed by atoms with Gasteiger partial charge in [-0.1, -0.05) is 6.92 Å². The molecule has 112 valence electrons. The van der Waals surface area contributed by atoms with Crippen LogP contribution >= 0.6 is 0 Å². The van der Waals surface area contributed by atoms with Crippen LogP contribution in [0, 0.1) is 0 Å². The summed E-state index contributed by atoms with van der Waals surface area (Å²) in [5.74, 6) is 0.263. The Labute approximate surface area is 118 Å². The third-order valence-electron chi connectivity index (χ3n) is 2.29. The molecule has 0 spiro atoms. The molecule has 1 unspecified atom stereocenters. The number of methoxy groups -OCH3 is 1. The zero-order valence-electron chi connectivity index (χ0n) is 12.3. The minimum Gasteiger partial charge on any atom is -0.467 e. The SMILES string of the molecule is CCCOc1nc(NCC)nc(NC(C)C(=O)OC)n1. The van der Waals surface area contributed by atoms with E-state index in [0.717, 1.165) is 6.42 Å². The molecule has 0 saturated heterocycles.